The number of carbonyl (C=O) groups is 1. The first-order valence-corrected chi connectivity index (χ1v) is 11.7. The van der Waals surface area contributed by atoms with Crippen LogP contribution in [0.3, 0.4) is 0 Å². The van der Waals surface area contributed by atoms with Crippen molar-refractivity contribution in [3.05, 3.63) is 68.2 Å². The number of aryl methyl sites for hydroxylation is 1. The molecule has 1 amide bonds. The average Bonchev–Trinajstić information content (AvgIpc) is 3.40. The van der Waals surface area contributed by atoms with Crippen molar-refractivity contribution in [3.63, 3.8) is 0 Å². The molecule has 158 valence electrons. The van der Waals surface area contributed by atoms with Gasteiger partial charge >= 0.3 is 0 Å². The van der Waals surface area contributed by atoms with E-state index >= 15 is 0 Å². The Bertz CT molecular complexity index is 1010. The highest BCUT2D eigenvalue weighted by Gasteiger charge is 2.32. The highest BCUT2D eigenvalue weighted by atomic mass is 32.1. The number of morpholine rings is 1. The van der Waals surface area contributed by atoms with Gasteiger partial charge < -0.3 is 14.8 Å². The van der Waals surface area contributed by atoms with Gasteiger partial charge in [-0.2, -0.15) is 0 Å². The quantitative estimate of drug-likeness (QED) is 0.576. The lowest BCUT2D eigenvalue weighted by atomic mass is 9.93. The molecule has 3 heterocycles. The van der Waals surface area contributed by atoms with E-state index in [0.717, 1.165) is 35.0 Å². The Kier molecular flexibility index (Phi) is 6.53. The van der Waals surface area contributed by atoms with Crippen LogP contribution >= 0.6 is 22.7 Å². The third-order valence-electron chi connectivity index (χ3n) is 5.52. The minimum Gasteiger partial charge on any atom is -0.496 e. The molecule has 0 aliphatic carbocycles. The maximum atomic E-state index is 12.9. The summed E-state index contributed by atoms with van der Waals surface area (Å²) in [5, 5.41) is 6.02. The molecule has 1 N–H and O–H groups in total. The molecule has 1 atom stereocenters. The highest BCUT2D eigenvalue weighted by molar-refractivity contribution is 7.17. The zero-order valence-electron chi connectivity index (χ0n) is 17.4. The molecular weight excluding hydrogens is 416 g/mol. The third kappa shape index (κ3) is 4.16. The van der Waals surface area contributed by atoms with Crippen LogP contribution in [0.2, 0.25) is 0 Å². The first-order valence-electron chi connectivity index (χ1n) is 9.99. The number of ether oxygens (including phenoxy) is 2. The number of para-hydroxylation sites is 1. The van der Waals surface area contributed by atoms with Gasteiger partial charge in [-0.15, -0.1) is 22.7 Å². The number of nitrogens with zero attached hydrogens (tertiary/aromatic N) is 1. The number of carbonyl (C=O) groups excluding carboxylic acids is 1. The molecule has 1 fully saturated rings. The number of hydrogen-bond donors (Lipinski definition) is 1. The van der Waals surface area contributed by atoms with Crippen molar-refractivity contribution in [2.45, 2.75) is 19.9 Å². The van der Waals surface area contributed by atoms with Gasteiger partial charge in [0.2, 0.25) is 0 Å². The van der Waals surface area contributed by atoms with Crippen LogP contribution in [0.1, 0.15) is 37.3 Å². The molecule has 1 aromatic carbocycles. The van der Waals surface area contributed by atoms with Gasteiger partial charge in [0.25, 0.3) is 5.91 Å². The summed E-state index contributed by atoms with van der Waals surface area (Å²) in [6, 6.07) is 11.9. The summed E-state index contributed by atoms with van der Waals surface area (Å²) >= 11 is 3.09. The summed E-state index contributed by atoms with van der Waals surface area (Å²) in [5.41, 5.74) is 3.46. The van der Waals surface area contributed by atoms with E-state index in [9.17, 15) is 4.79 Å². The van der Waals surface area contributed by atoms with Crippen LogP contribution in [0.5, 0.6) is 5.75 Å². The van der Waals surface area contributed by atoms with Crippen LogP contribution in [0.4, 0.5) is 5.00 Å². The molecule has 1 aliphatic heterocycles. The summed E-state index contributed by atoms with van der Waals surface area (Å²) in [4.78, 5) is 17.2. The number of amides is 1. The van der Waals surface area contributed by atoms with E-state index in [4.69, 9.17) is 9.47 Å². The SMILES string of the molecule is COc1ccccc1[C@@H](c1c(NC(=O)c2cccs2)sc(C)c1C)N1CCOCC1. The van der Waals surface area contributed by atoms with E-state index in [-0.39, 0.29) is 11.9 Å². The molecule has 0 saturated carbocycles. The first-order chi connectivity index (χ1) is 14.6. The zero-order valence-corrected chi connectivity index (χ0v) is 19.1. The van der Waals surface area contributed by atoms with Crippen molar-refractivity contribution in [2.75, 3.05) is 38.7 Å². The van der Waals surface area contributed by atoms with Gasteiger partial charge in [-0.3, -0.25) is 9.69 Å². The summed E-state index contributed by atoms with van der Waals surface area (Å²) in [6.45, 7) is 7.31. The molecule has 30 heavy (non-hydrogen) atoms. The molecular formula is C23H26N2O3S2. The lowest BCUT2D eigenvalue weighted by Crippen LogP contribution is -2.40. The van der Waals surface area contributed by atoms with Crippen molar-refractivity contribution >= 4 is 33.6 Å². The number of rotatable bonds is 6. The molecule has 7 heteroatoms. The topological polar surface area (TPSA) is 50.8 Å². The van der Waals surface area contributed by atoms with Crippen LogP contribution in [-0.2, 0) is 4.74 Å². The minimum atomic E-state index is -0.0618. The van der Waals surface area contributed by atoms with Crippen molar-refractivity contribution in [1.82, 2.24) is 4.90 Å². The number of nitrogens with one attached hydrogen (secondary N) is 1. The van der Waals surface area contributed by atoms with Crippen molar-refractivity contribution in [3.8, 4) is 5.75 Å². The fraction of sp³-hybridized carbons (Fsp3) is 0.348. The van der Waals surface area contributed by atoms with E-state index in [1.54, 1.807) is 18.4 Å². The average molecular weight is 443 g/mol. The van der Waals surface area contributed by atoms with Crippen LogP contribution in [-0.4, -0.2) is 44.2 Å². The van der Waals surface area contributed by atoms with Gasteiger partial charge in [-0.1, -0.05) is 24.3 Å². The Morgan fingerprint density at radius 2 is 1.93 bits per heavy atom. The van der Waals surface area contributed by atoms with Gasteiger partial charge in [0.15, 0.2) is 0 Å². The summed E-state index contributed by atoms with van der Waals surface area (Å²) in [6.07, 6.45) is 0. The molecule has 4 rings (SSSR count). The Hall–Kier alpha value is -2.19. The molecule has 0 bridgehead atoms. The predicted octanol–water partition coefficient (Wildman–Crippen LogP) is 5.11. The fourth-order valence-corrected chi connectivity index (χ4v) is 5.61. The summed E-state index contributed by atoms with van der Waals surface area (Å²) in [5.74, 6) is 0.793. The van der Waals surface area contributed by atoms with E-state index in [1.807, 2.05) is 35.7 Å². The lowest BCUT2D eigenvalue weighted by Gasteiger charge is -2.36. The Morgan fingerprint density at radius 3 is 2.63 bits per heavy atom. The summed E-state index contributed by atoms with van der Waals surface area (Å²) in [7, 11) is 1.71. The second-order valence-corrected chi connectivity index (χ2v) is 9.42. The number of benzene rings is 1. The van der Waals surface area contributed by atoms with Crippen molar-refractivity contribution < 1.29 is 14.3 Å². The minimum absolute atomic E-state index is 0.0198. The predicted molar refractivity (Wildman–Crippen MR) is 123 cm³/mol. The number of thiophene rings is 2. The second-order valence-electron chi connectivity index (χ2n) is 7.25. The Balaban J connectivity index is 1.81. The van der Waals surface area contributed by atoms with Gasteiger partial charge in [0.05, 0.1) is 31.2 Å². The molecule has 0 spiro atoms. The van der Waals surface area contributed by atoms with Crippen molar-refractivity contribution in [1.29, 1.82) is 0 Å². The molecule has 3 aromatic rings. The lowest BCUT2D eigenvalue weighted by molar-refractivity contribution is 0.0236. The van der Waals surface area contributed by atoms with E-state index < -0.39 is 0 Å². The zero-order chi connectivity index (χ0) is 21.1. The van der Waals surface area contributed by atoms with E-state index in [0.29, 0.717) is 18.1 Å². The Morgan fingerprint density at radius 1 is 1.17 bits per heavy atom. The Labute approximate surface area is 185 Å². The van der Waals surface area contributed by atoms with Crippen molar-refractivity contribution in [2.24, 2.45) is 0 Å². The van der Waals surface area contributed by atoms with Crippen LogP contribution in [0, 0.1) is 13.8 Å². The molecule has 2 aromatic heterocycles. The fourth-order valence-electron chi connectivity index (χ4n) is 3.90. The molecule has 5 nitrogen and oxygen atoms in total. The molecule has 0 unspecified atom stereocenters. The maximum Gasteiger partial charge on any atom is 0.266 e. The molecule has 0 radical (unpaired) electrons. The standard InChI is InChI=1S/C23H26N2O3S2/c1-15-16(2)30-23(24-22(26)19-9-6-14-29-19)20(15)21(25-10-12-28-13-11-25)17-7-4-5-8-18(17)27-3/h4-9,14,21H,10-13H2,1-3H3,(H,24,26)/t21-/m0/s1. The second kappa shape index (κ2) is 9.31. The van der Waals surface area contributed by atoms with E-state index in [1.165, 1.54) is 21.8 Å². The van der Waals surface area contributed by atoms with Crippen LogP contribution in [0.15, 0.2) is 41.8 Å². The van der Waals surface area contributed by atoms with E-state index in [2.05, 4.69) is 30.1 Å². The highest BCUT2D eigenvalue weighted by Crippen LogP contribution is 2.44. The van der Waals surface area contributed by atoms with Crippen LogP contribution < -0.4 is 10.1 Å². The van der Waals surface area contributed by atoms with Gasteiger partial charge in [0.1, 0.15) is 10.8 Å². The van der Waals surface area contributed by atoms with Crippen LogP contribution in [0.25, 0.3) is 0 Å². The third-order valence-corrected chi connectivity index (χ3v) is 7.53. The van der Waals surface area contributed by atoms with Gasteiger partial charge in [-0.05, 0) is 36.9 Å². The van der Waals surface area contributed by atoms with Gasteiger partial charge in [-0.25, -0.2) is 0 Å². The normalized spacial score (nSPS) is 15.7. The monoisotopic (exact) mass is 442 g/mol. The number of anilines is 1. The maximum absolute atomic E-state index is 12.9. The first kappa shape index (κ1) is 21.1. The summed E-state index contributed by atoms with van der Waals surface area (Å²) < 4.78 is 11.3. The molecule has 1 aliphatic rings. The largest absolute Gasteiger partial charge is 0.496 e. The number of hydrogen-bond acceptors (Lipinski definition) is 6. The van der Waals surface area contributed by atoms with Gasteiger partial charge in [0, 0.05) is 29.1 Å². The smallest absolute Gasteiger partial charge is 0.266 e. The molecule has 1 saturated heterocycles. The number of methoxy groups -OCH3 is 1.